The summed E-state index contributed by atoms with van der Waals surface area (Å²) in [4.78, 5) is 52.6. The van der Waals surface area contributed by atoms with Gasteiger partial charge in [-0.3, -0.25) is 24.9 Å². The summed E-state index contributed by atoms with van der Waals surface area (Å²) in [6.45, 7) is 16.0. The van der Waals surface area contributed by atoms with Crippen molar-refractivity contribution in [2.24, 2.45) is 28.7 Å². The Labute approximate surface area is 388 Å². The second-order valence-electron chi connectivity index (χ2n) is 18.5. The number of nitrogens with zero attached hydrogens (tertiary/aromatic N) is 3. The molecule has 3 saturated heterocycles. The number of rotatable bonds is 12. The molecule has 3 fully saturated rings. The largest absolute Gasteiger partial charge is 0.490 e. The number of benzene rings is 1. The maximum absolute atomic E-state index is 14.7. The number of esters is 1. The first-order chi connectivity index (χ1) is 30.9. The third-order valence-electron chi connectivity index (χ3n) is 13.4. The molecular formula is C49H68N4O11S. The number of aliphatic imine (C=N–C) groups is 1. The minimum Gasteiger partial charge on any atom is -0.490 e. The van der Waals surface area contributed by atoms with Crippen LogP contribution in [0.1, 0.15) is 84.4 Å². The van der Waals surface area contributed by atoms with Crippen molar-refractivity contribution in [1.29, 1.82) is 5.41 Å². The fourth-order valence-corrected chi connectivity index (χ4v) is 11.0. The number of aliphatic hydroxyl groups is 1. The van der Waals surface area contributed by atoms with Crippen molar-refractivity contribution in [1.82, 2.24) is 9.80 Å². The van der Waals surface area contributed by atoms with Gasteiger partial charge in [-0.2, -0.15) is 0 Å². The van der Waals surface area contributed by atoms with E-state index in [0.717, 1.165) is 21.2 Å². The van der Waals surface area contributed by atoms with Crippen LogP contribution in [0.5, 0.6) is 5.75 Å². The van der Waals surface area contributed by atoms with Crippen molar-refractivity contribution in [3.8, 4) is 17.6 Å². The van der Waals surface area contributed by atoms with E-state index in [-0.39, 0.29) is 43.1 Å². The summed E-state index contributed by atoms with van der Waals surface area (Å²) < 4.78 is 43.6. The first kappa shape index (κ1) is 50.1. The number of amides is 1. The maximum Gasteiger partial charge on any atom is 0.410 e. The SMILES string of the molecule is CC[C@@H]1OC(=O)[C@H](C)C(=O)[C@H](C)[C@@H](O[C@@H]2O[C@H](C)C[C@H](N(C)C)[C@H]2O)[C@@](C)(OCC#Cc2ccc(CC(=N)OCCOc3ccccc3)s2)C[C@@H](C)C2=NCCN3C(=O)O[C@@]1(C)[C@H]3[C@@H]2C. The number of para-hydroxylation sites is 1. The number of hydrogen-bond acceptors (Lipinski definition) is 15. The van der Waals surface area contributed by atoms with E-state index in [4.69, 9.17) is 43.6 Å². The molecule has 5 heterocycles. The number of cyclic esters (lactones) is 1. The minimum atomic E-state index is -1.28. The van der Waals surface area contributed by atoms with Gasteiger partial charge < -0.3 is 43.2 Å². The number of thiophene rings is 1. The summed E-state index contributed by atoms with van der Waals surface area (Å²) in [7, 11) is 3.78. The minimum absolute atomic E-state index is 0.0585. The van der Waals surface area contributed by atoms with Crippen LogP contribution in [0.3, 0.4) is 0 Å². The van der Waals surface area contributed by atoms with Crippen molar-refractivity contribution in [3.63, 3.8) is 0 Å². The molecule has 15 nitrogen and oxygen atoms in total. The molecule has 1 aromatic carbocycles. The van der Waals surface area contributed by atoms with Crippen molar-refractivity contribution < 1.29 is 52.6 Å². The van der Waals surface area contributed by atoms with E-state index in [9.17, 15) is 19.5 Å². The van der Waals surface area contributed by atoms with Gasteiger partial charge in [0.25, 0.3) is 0 Å². The summed E-state index contributed by atoms with van der Waals surface area (Å²) in [6, 6.07) is 12.5. The number of likely N-dealkylation sites (N-methyl/N-ethyl adjacent to an activating group) is 1. The van der Waals surface area contributed by atoms with E-state index in [2.05, 4.69) is 18.8 Å². The molecule has 16 heteroatoms. The van der Waals surface area contributed by atoms with Crippen LogP contribution >= 0.6 is 11.3 Å². The fraction of sp³-hybridized carbons (Fsp3) is 0.653. The monoisotopic (exact) mass is 920 g/mol. The highest BCUT2D eigenvalue weighted by Crippen LogP contribution is 2.44. The van der Waals surface area contributed by atoms with Crippen LogP contribution in [0.25, 0.3) is 0 Å². The van der Waals surface area contributed by atoms with Gasteiger partial charge in [-0.05, 0) is 91.2 Å². The van der Waals surface area contributed by atoms with Gasteiger partial charge in [-0.25, -0.2) is 4.79 Å². The summed E-state index contributed by atoms with van der Waals surface area (Å²) in [5, 5.41) is 20.1. The molecular weight excluding hydrogens is 853 g/mol. The van der Waals surface area contributed by atoms with E-state index in [1.807, 2.05) is 96.1 Å². The summed E-state index contributed by atoms with van der Waals surface area (Å²) in [5.74, 6) is 3.30. The van der Waals surface area contributed by atoms with Crippen LogP contribution in [0, 0.1) is 40.9 Å². The Bertz CT molecular complexity index is 2090. The lowest BCUT2D eigenvalue weighted by Crippen LogP contribution is -2.60. The number of carbonyl (C=O) groups is 3. The van der Waals surface area contributed by atoms with E-state index in [1.54, 1.807) is 11.8 Å². The predicted molar refractivity (Wildman–Crippen MR) is 246 cm³/mol. The number of hydrogen-bond donors (Lipinski definition) is 2. The average molecular weight is 921 g/mol. The molecule has 4 aliphatic heterocycles. The van der Waals surface area contributed by atoms with Gasteiger partial charge in [0.2, 0.25) is 0 Å². The number of carbonyl (C=O) groups excluding carboxylic acids is 3. The third-order valence-corrected chi connectivity index (χ3v) is 14.4. The third kappa shape index (κ3) is 11.4. The van der Waals surface area contributed by atoms with Crippen LogP contribution in [0.15, 0.2) is 47.5 Å². The molecule has 13 atom stereocenters. The number of nitrogens with one attached hydrogen (secondary N) is 1. The molecule has 65 heavy (non-hydrogen) atoms. The van der Waals surface area contributed by atoms with Gasteiger partial charge in [0.05, 0.1) is 41.7 Å². The molecule has 2 bridgehead atoms. The molecule has 4 aliphatic rings. The highest BCUT2D eigenvalue weighted by Gasteiger charge is 2.60. The molecule has 0 spiro atoms. The van der Waals surface area contributed by atoms with Crippen molar-refractivity contribution in [2.75, 3.05) is 47.0 Å². The zero-order valence-electron chi connectivity index (χ0n) is 39.5. The van der Waals surface area contributed by atoms with Gasteiger partial charge in [-0.1, -0.05) is 57.7 Å². The van der Waals surface area contributed by atoms with Crippen LogP contribution in [0.2, 0.25) is 0 Å². The number of fused-ring (bicyclic) bond motifs is 1. The van der Waals surface area contributed by atoms with Crippen LogP contribution in [0.4, 0.5) is 4.79 Å². The second-order valence-corrected chi connectivity index (χ2v) is 19.7. The average Bonchev–Trinajstić information content (AvgIpc) is 3.76. The van der Waals surface area contributed by atoms with Crippen molar-refractivity contribution in [3.05, 3.63) is 52.2 Å². The normalized spacial score (nSPS) is 34.3. The van der Waals surface area contributed by atoms with Gasteiger partial charge in [0.15, 0.2) is 23.6 Å². The predicted octanol–water partition coefficient (Wildman–Crippen LogP) is 6.17. The number of Topliss-reactive ketones (excluding diaryl/α,β-unsaturated/α-hetero) is 1. The van der Waals surface area contributed by atoms with Crippen LogP contribution in [-0.4, -0.2) is 145 Å². The molecule has 0 aliphatic carbocycles. The van der Waals surface area contributed by atoms with E-state index >= 15 is 0 Å². The lowest BCUT2D eigenvalue weighted by atomic mass is 9.73. The Morgan fingerprint density at radius 3 is 2.49 bits per heavy atom. The van der Waals surface area contributed by atoms with Gasteiger partial charge in [-0.15, -0.1) is 11.3 Å². The van der Waals surface area contributed by atoms with E-state index < -0.39 is 71.5 Å². The number of ether oxygens (including phenoxy) is 7. The first-order valence-electron chi connectivity index (χ1n) is 22.9. The Morgan fingerprint density at radius 2 is 1.78 bits per heavy atom. The second kappa shape index (κ2) is 21.5. The molecule has 1 amide bonds. The number of ketones is 1. The Kier molecular flexibility index (Phi) is 16.6. The molecule has 356 valence electrons. The fourth-order valence-electron chi connectivity index (χ4n) is 10.2. The molecule has 0 saturated carbocycles. The molecule has 0 unspecified atom stereocenters. The van der Waals surface area contributed by atoms with Gasteiger partial charge in [0, 0.05) is 35.0 Å². The topological polar surface area (TPSA) is 179 Å². The Balaban J connectivity index is 1.29. The zero-order chi connectivity index (χ0) is 47.2. The van der Waals surface area contributed by atoms with Gasteiger partial charge in [0.1, 0.15) is 43.7 Å². The highest BCUT2D eigenvalue weighted by atomic mass is 32.1. The Morgan fingerprint density at radius 1 is 1.05 bits per heavy atom. The smallest absolute Gasteiger partial charge is 0.410 e. The van der Waals surface area contributed by atoms with E-state index in [0.29, 0.717) is 45.4 Å². The molecule has 6 rings (SSSR count). The van der Waals surface area contributed by atoms with Gasteiger partial charge >= 0.3 is 12.1 Å². The lowest BCUT2D eigenvalue weighted by molar-refractivity contribution is -0.296. The standard InChI is InChI=1S/C49H68N4O11S/c1-11-38-49(8)43-31(4)40(51-21-22-53(43)47(57)64-49)29(2)28-48(7,44(32(5)41(54)33(6)45(56)62-38)63-46-42(55)37(52(9)10)26-30(3)61-46)60-23-15-18-35-19-20-36(65-35)27-39(50)59-25-24-58-34-16-13-12-14-17-34/h12-14,16-17,19-20,29-33,37-38,42-44,46,50,55H,11,21-28H2,1-10H3/t29-,30-,31-,32+,33-,37+,38+,42-,43-,44-,46+,48+,49-/m1/s1. The lowest BCUT2D eigenvalue weighted by Gasteiger charge is -2.47. The zero-order valence-corrected chi connectivity index (χ0v) is 40.4. The summed E-state index contributed by atoms with van der Waals surface area (Å²) in [6.07, 6.45) is -3.32. The molecule has 2 N–H and O–H groups in total. The molecule has 2 aromatic rings. The van der Waals surface area contributed by atoms with Crippen molar-refractivity contribution >= 4 is 40.8 Å². The highest BCUT2D eigenvalue weighted by molar-refractivity contribution is 7.12. The van der Waals surface area contributed by atoms with E-state index in [1.165, 1.54) is 18.3 Å². The summed E-state index contributed by atoms with van der Waals surface area (Å²) >= 11 is 1.45. The number of aliphatic hydroxyl groups excluding tert-OH is 1. The van der Waals surface area contributed by atoms with Crippen LogP contribution < -0.4 is 4.74 Å². The molecule has 0 radical (unpaired) electrons. The Hall–Kier alpha value is -4.37. The summed E-state index contributed by atoms with van der Waals surface area (Å²) in [5.41, 5.74) is -1.66. The quantitative estimate of drug-likeness (QED) is 0.0619. The molecule has 1 aromatic heterocycles. The van der Waals surface area contributed by atoms with Crippen LogP contribution in [-0.2, 0) is 44.4 Å². The first-order valence-corrected chi connectivity index (χ1v) is 23.7. The van der Waals surface area contributed by atoms with Crippen molar-refractivity contribution in [2.45, 2.75) is 135 Å². The maximum atomic E-state index is 14.7.